The summed E-state index contributed by atoms with van der Waals surface area (Å²) in [6, 6.07) is 8.23. The van der Waals surface area contributed by atoms with Crippen molar-refractivity contribution >= 4 is 34.6 Å². The Morgan fingerprint density at radius 2 is 2.25 bits per heavy atom. The Labute approximate surface area is 84.6 Å². The monoisotopic (exact) mass is 273 g/mol. The van der Waals surface area contributed by atoms with Gasteiger partial charge >= 0.3 is 0 Å². The fourth-order valence-corrected chi connectivity index (χ4v) is 1.80. The maximum absolute atomic E-state index is 3.93. The van der Waals surface area contributed by atoms with Crippen molar-refractivity contribution in [3.63, 3.8) is 0 Å². The van der Waals surface area contributed by atoms with E-state index in [0.717, 1.165) is 6.67 Å². The second kappa shape index (κ2) is 3.30. The van der Waals surface area contributed by atoms with E-state index < -0.39 is 0 Å². The van der Waals surface area contributed by atoms with Crippen LogP contribution in [0.1, 0.15) is 0 Å². The van der Waals surface area contributed by atoms with Gasteiger partial charge in [0.2, 0.25) is 0 Å². The van der Waals surface area contributed by atoms with E-state index in [1.54, 1.807) is 6.34 Å². The molecule has 4 heteroatoms. The quantitative estimate of drug-likeness (QED) is 0.787. The van der Waals surface area contributed by atoms with Gasteiger partial charge in [-0.3, -0.25) is 5.43 Å². The summed E-state index contributed by atoms with van der Waals surface area (Å²) in [6.45, 7) is 0.764. The molecule has 12 heavy (non-hydrogen) atoms. The second-order valence-corrected chi connectivity index (χ2v) is 3.64. The summed E-state index contributed by atoms with van der Waals surface area (Å²) in [5, 5.41) is 3.93. The summed E-state index contributed by atoms with van der Waals surface area (Å²) in [6.07, 6.45) is 1.80. The van der Waals surface area contributed by atoms with Crippen LogP contribution in [0.2, 0.25) is 0 Å². The molecule has 2 rings (SSSR count). The zero-order chi connectivity index (χ0) is 8.39. The third-order valence-electron chi connectivity index (χ3n) is 1.69. The molecule has 0 aliphatic carbocycles. The molecule has 0 atom stereocenters. The third-order valence-corrected chi connectivity index (χ3v) is 2.60. The number of halogens is 1. The van der Waals surface area contributed by atoms with Gasteiger partial charge in [0.25, 0.3) is 0 Å². The van der Waals surface area contributed by atoms with Gasteiger partial charge < -0.3 is 4.90 Å². The zero-order valence-corrected chi connectivity index (χ0v) is 8.52. The second-order valence-electron chi connectivity index (χ2n) is 2.48. The lowest BCUT2D eigenvalue weighted by molar-refractivity contribution is 0.807. The minimum atomic E-state index is 0.764. The molecule has 0 spiro atoms. The summed E-state index contributed by atoms with van der Waals surface area (Å²) >= 11 is 2.32. The lowest BCUT2D eigenvalue weighted by Gasteiger charge is -2.14. The number of nitrogens with one attached hydrogen (secondary N) is 1. The van der Waals surface area contributed by atoms with Gasteiger partial charge in [-0.15, -0.1) is 0 Å². The van der Waals surface area contributed by atoms with Crippen LogP contribution in [0.3, 0.4) is 0 Å². The molecule has 0 amide bonds. The minimum Gasteiger partial charge on any atom is -0.310 e. The molecule has 62 valence electrons. The summed E-state index contributed by atoms with van der Waals surface area (Å²) in [4.78, 5) is 2.07. The van der Waals surface area contributed by atoms with E-state index in [1.165, 1.54) is 9.26 Å². The largest absolute Gasteiger partial charge is 0.310 e. The molecule has 0 aromatic heterocycles. The molecular weight excluding hydrogens is 265 g/mol. The average Bonchev–Trinajstić information content (AvgIpc) is 2.57. The number of rotatable bonds is 1. The van der Waals surface area contributed by atoms with Crippen molar-refractivity contribution in [2.45, 2.75) is 0 Å². The molecule has 1 N–H and O–H groups in total. The lowest BCUT2D eigenvalue weighted by Crippen LogP contribution is -2.22. The molecular formula is C8H8IN3. The number of hydrogen-bond acceptors (Lipinski definition) is 3. The van der Waals surface area contributed by atoms with Gasteiger partial charge in [-0.1, -0.05) is 12.1 Å². The summed E-state index contributed by atoms with van der Waals surface area (Å²) in [5.41, 5.74) is 4.09. The minimum absolute atomic E-state index is 0.764. The van der Waals surface area contributed by atoms with E-state index in [-0.39, 0.29) is 0 Å². The molecule has 0 saturated heterocycles. The van der Waals surface area contributed by atoms with Crippen LogP contribution in [-0.2, 0) is 0 Å². The molecule has 0 unspecified atom stereocenters. The van der Waals surface area contributed by atoms with Crippen molar-refractivity contribution in [1.82, 2.24) is 5.43 Å². The summed E-state index contributed by atoms with van der Waals surface area (Å²) in [7, 11) is 0. The first-order chi connectivity index (χ1) is 5.88. The van der Waals surface area contributed by atoms with Crippen molar-refractivity contribution in [1.29, 1.82) is 0 Å². The average molecular weight is 273 g/mol. The van der Waals surface area contributed by atoms with Gasteiger partial charge in [0, 0.05) is 3.57 Å². The number of hydrazone groups is 1. The predicted molar refractivity (Wildman–Crippen MR) is 58.1 cm³/mol. The van der Waals surface area contributed by atoms with Gasteiger partial charge in [0.15, 0.2) is 0 Å². The van der Waals surface area contributed by atoms with E-state index in [2.05, 4.69) is 50.2 Å². The number of nitrogens with zero attached hydrogens (tertiary/aromatic N) is 2. The molecule has 1 aliphatic rings. The van der Waals surface area contributed by atoms with Gasteiger partial charge in [0.05, 0.1) is 5.69 Å². The highest BCUT2D eigenvalue weighted by Gasteiger charge is 2.09. The van der Waals surface area contributed by atoms with Crippen LogP contribution >= 0.6 is 22.6 Å². The Kier molecular flexibility index (Phi) is 2.16. The number of benzene rings is 1. The normalized spacial score (nSPS) is 14.9. The van der Waals surface area contributed by atoms with Crippen LogP contribution in [0.5, 0.6) is 0 Å². The van der Waals surface area contributed by atoms with E-state index in [0.29, 0.717) is 0 Å². The summed E-state index contributed by atoms with van der Waals surface area (Å²) < 4.78 is 1.24. The fourth-order valence-electron chi connectivity index (χ4n) is 1.10. The van der Waals surface area contributed by atoms with Crippen molar-refractivity contribution in [2.75, 3.05) is 11.6 Å². The van der Waals surface area contributed by atoms with Crippen molar-refractivity contribution < 1.29 is 0 Å². The van der Waals surface area contributed by atoms with E-state index >= 15 is 0 Å². The van der Waals surface area contributed by atoms with Crippen LogP contribution in [0, 0.1) is 3.57 Å². The van der Waals surface area contributed by atoms with Gasteiger partial charge in [-0.25, -0.2) is 0 Å². The van der Waals surface area contributed by atoms with Crippen molar-refractivity contribution in [2.24, 2.45) is 5.10 Å². The van der Waals surface area contributed by atoms with E-state index in [9.17, 15) is 0 Å². The van der Waals surface area contributed by atoms with E-state index in [4.69, 9.17) is 0 Å². The van der Waals surface area contributed by atoms with Crippen molar-refractivity contribution in [3.05, 3.63) is 27.8 Å². The maximum Gasteiger partial charge on any atom is 0.117 e. The molecule has 0 fully saturated rings. The fraction of sp³-hybridized carbons (Fsp3) is 0.125. The van der Waals surface area contributed by atoms with Crippen LogP contribution in [0.15, 0.2) is 29.4 Å². The molecule has 0 bridgehead atoms. The van der Waals surface area contributed by atoms with Gasteiger partial charge in [0.1, 0.15) is 13.0 Å². The predicted octanol–water partition coefficient (Wildman–Crippen LogP) is 1.60. The Morgan fingerprint density at radius 1 is 1.42 bits per heavy atom. The maximum atomic E-state index is 3.93. The number of para-hydroxylation sites is 1. The smallest absolute Gasteiger partial charge is 0.117 e. The highest BCUT2D eigenvalue weighted by Crippen LogP contribution is 2.21. The Balaban J connectivity index is 2.33. The topological polar surface area (TPSA) is 27.6 Å². The molecule has 0 saturated carbocycles. The van der Waals surface area contributed by atoms with Crippen LogP contribution in [0.25, 0.3) is 0 Å². The molecule has 3 nitrogen and oxygen atoms in total. The van der Waals surface area contributed by atoms with Crippen LogP contribution in [-0.4, -0.2) is 13.0 Å². The molecule has 1 aromatic rings. The lowest BCUT2D eigenvalue weighted by atomic mass is 10.3. The van der Waals surface area contributed by atoms with E-state index in [1.807, 2.05) is 12.1 Å². The number of anilines is 1. The SMILES string of the molecule is Ic1ccccc1N1C=NNC1. The molecule has 1 aliphatic heterocycles. The Morgan fingerprint density at radius 3 is 2.92 bits per heavy atom. The highest BCUT2D eigenvalue weighted by atomic mass is 127. The van der Waals surface area contributed by atoms with Crippen LogP contribution < -0.4 is 10.3 Å². The first kappa shape index (κ1) is 7.85. The standard InChI is InChI=1S/C8H8IN3/c9-7-3-1-2-4-8(7)12-5-10-11-6-12/h1-5,11H,6H2. The summed E-state index contributed by atoms with van der Waals surface area (Å²) in [5.74, 6) is 0. The molecule has 0 radical (unpaired) electrons. The third kappa shape index (κ3) is 1.38. The highest BCUT2D eigenvalue weighted by molar-refractivity contribution is 14.1. The molecule has 1 aromatic carbocycles. The first-order valence-electron chi connectivity index (χ1n) is 3.65. The van der Waals surface area contributed by atoms with Crippen LogP contribution in [0.4, 0.5) is 5.69 Å². The number of hydrogen-bond donors (Lipinski definition) is 1. The molecule has 1 heterocycles. The van der Waals surface area contributed by atoms with Gasteiger partial charge in [-0.05, 0) is 34.7 Å². The zero-order valence-electron chi connectivity index (χ0n) is 6.37. The van der Waals surface area contributed by atoms with Gasteiger partial charge in [-0.2, -0.15) is 5.10 Å². The Hall–Kier alpha value is -0.780. The van der Waals surface area contributed by atoms with Crippen molar-refractivity contribution in [3.8, 4) is 0 Å². The Bertz CT molecular complexity index is 311. The first-order valence-corrected chi connectivity index (χ1v) is 4.73.